The molecule has 51 heavy (non-hydrogen) atoms. The van der Waals surface area contributed by atoms with Crippen molar-refractivity contribution in [2.24, 2.45) is 0 Å². The van der Waals surface area contributed by atoms with Gasteiger partial charge < -0.3 is 13.8 Å². The number of rotatable bonds is 2. The Hall–Kier alpha value is -2.22. The van der Waals surface area contributed by atoms with E-state index < -0.39 is 0 Å². The van der Waals surface area contributed by atoms with E-state index in [-0.39, 0.29) is 43.1 Å². The normalized spacial score (nSPS) is 12.3. The van der Waals surface area contributed by atoms with Crippen LogP contribution in [0.2, 0.25) is 0 Å². The van der Waals surface area contributed by atoms with Crippen molar-refractivity contribution in [2.45, 2.75) is 98.3 Å². The van der Waals surface area contributed by atoms with Gasteiger partial charge in [-0.05, 0) is 35.8 Å². The van der Waals surface area contributed by atoms with Gasteiger partial charge in [0.2, 0.25) is 0 Å². The first kappa shape index (κ1) is 46.8. The summed E-state index contributed by atoms with van der Waals surface area (Å²) in [5.41, 5.74) is 11.3. The third-order valence-corrected chi connectivity index (χ3v) is 9.36. The van der Waals surface area contributed by atoms with Gasteiger partial charge in [0.05, 0.1) is 0 Å². The van der Waals surface area contributed by atoms with Crippen LogP contribution in [-0.2, 0) is 34.2 Å². The fraction of sp³-hybridized carbons (Fsp3) is 0.319. The predicted molar refractivity (Wildman–Crippen MR) is 231 cm³/mol. The number of hydrogen-bond donors (Lipinski definition) is 0. The minimum absolute atomic E-state index is 0. The Bertz CT molecular complexity index is 1700. The summed E-state index contributed by atoms with van der Waals surface area (Å²) < 4.78 is 0. The van der Waals surface area contributed by atoms with Crippen molar-refractivity contribution in [2.75, 3.05) is 0 Å². The van der Waals surface area contributed by atoms with Gasteiger partial charge in [0.1, 0.15) is 0 Å². The zero-order valence-electron chi connectivity index (χ0n) is 32.3. The maximum atomic E-state index is 3.06. The topological polar surface area (TPSA) is 0 Å². The van der Waals surface area contributed by atoms with Crippen molar-refractivity contribution in [3.05, 3.63) is 145 Å². The number of hydrogen-bond acceptors (Lipinski definition) is 0. The monoisotopic (exact) mass is 810 g/mol. The zero-order valence-corrected chi connectivity index (χ0v) is 37.4. The van der Waals surface area contributed by atoms with Gasteiger partial charge >= 0.3 is 30.2 Å². The van der Waals surface area contributed by atoms with E-state index in [4.69, 9.17) is 0 Å². The van der Waals surface area contributed by atoms with Gasteiger partial charge in [-0.15, -0.1) is 93.9 Å². The van der Waals surface area contributed by atoms with Crippen molar-refractivity contribution in [1.29, 1.82) is 0 Å². The summed E-state index contributed by atoms with van der Waals surface area (Å²) in [6.45, 7) is 21.1. The molecule has 4 heteroatoms. The van der Waals surface area contributed by atoms with Crippen LogP contribution in [0.5, 0.6) is 0 Å². The third-order valence-electron chi connectivity index (χ3n) is 9.36. The summed E-state index contributed by atoms with van der Waals surface area (Å²) in [5, 5.41) is 5.28. The summed E-state index contributed by atoms with van der Waals surface area (Å²) in [6, 6.07) is 40.0. The molecule has 0 aliphatic heterocycles. The van der Waals surface area contributed by atoms with E-state index in [9.17, 15) is 0 Å². The van der Waals surface area contributed by atoms with Gasteiger partial charge in [-0.3, -0.25) is 0 Å². The molecular weight excluding hydrogens is 755 g/mol. The first-order valence-electron chi connectivity index (χ1n) is 17.5. The summed E-state index contributed by atoms with van der Waals surface area (Å²) in [6.07, 6.45) is 9.50. The molecule has 0 heterocycles. The van der Waals surface area contributed by atoms with Crippen LogP contribution in [0.1, 0.15) is 95.9 Å². The standard InChI is InChI=1S/2C20H21.C6H11.CH3.2ClH.Si.Zr/c2*1-14-11-18(20(2,3)4)9-10-19(14)17-12-15-7-5-6-8-16(15)13-17;1-2-4-6-5-3-1;;;;;/h2*5-13H,1-4H3;1H,2-6H2;1H3;2*1H;;/q4*-1;;;;. The molecule has 1 aliphatic carbocycles. The first-order chi connectivity index (χ1) is 22.9. The molecule has 1 saturated carbocycles. The van der Waals surface area contributed by atoms with Gasteiger partial charge in [0.15, 0.2) is 0 Å². The average molecular weight is 813 g/mol. The molecule has 0 spiro atoms. The quantitative estimate of drug-likeness (QED) is 0.121. The Kier molecular flexibility index (Phi) is 19.7. The molecule has 0 bridgehead atoms. The molecule has 2 radical (unpaired) electrons. The summed E-state index contributed by atoms with van der Waals surface area (Å²) in [7, 11) is 0. The van der Waals surface area contributed by atoms with E-state index >= 15 is 0 Å². The minimum atomic E-state index is 0. The third kappa shape index (κ3) is 13.0. The molecule has 1 fully saturated rings. The Balaban J connectivity index is 0.000000401. The number of aryl methyl sites for hydroxylation is 2. The second-order valence-electron chi connectivity index (χ2n) is 15.2. The fourth-order valence-electron chi connectivity index (χ4n) is 6.42. The molecule has 7 rings (SSSR count). The summed E-state index contributed by atoms with van der Waals surface area (Å²) in [5.74, 6) is 0. The van der Waals surface area contributed by atoms with Crippen molar-refractivity contribution >= 4 is 53.2 Å². The average Bonchev–Trinajstić information content (AvgIpc) is 3.71. The van der Waals surface area contributed by atoms with Gasteiger partial charge in [-0.1, -0.05) is 156 Å². The van der Waals surface area contributed by atoms with Crippen LogP contribution in [0, 0.1) is 27.7 Å². The summed E-state index contributed by atoms with van der Waals surface area (Å²) in [4.78, 5) is 0. The molecule has 6 aromatic rings. The molecule has 0 aromatic heterocycles. The first-order valence-corrected chi connectivity index (χ1v) is 21.7. The van der Waals surface area contributed by atoms with Crippen molar-refractivity contribution < 1.29 is 23.3 Å². The van der Waals surface area contributed by atoms with Crippen LogP contribution in [0.15, 0.2) is 109 Å². The molecule has 1 aliphatic rings. The Labute approximate surface area is 340 Å². The molecule has 6 aromatic carbocycles. The van der Waals surface area contributed by atoms with Crippen LogP contribution in [0.3, 0.4) is 0 Å². The molecule has 272 valence electrons. The predicted octanol–water partition coefficient (Wildman–Crippen LogP) is 14.7. The second-order valence-corrected chi connectivity index (χ2v) is 15.2. The molecule has 0 unspecified atom stereocenters. The number of fused-ring (bicyclic) bond motifs is 2. The van der Waals surface area contributed by atoms with E-state index in [0.29, 0.717) is 0 Å². The zero-order chi connectivity index (χ0) is 34.9. The van der Waals surface area contributed by atoms with E-state index in [2.05, 4.69) is 178 Å². The number of benzene rings is 4. The number of halogens is 2. The van der Waals surface area contributed by atoms with Crippen molar-refractivity contribution in [3.8, 4) is 22.3 Å². The van der Waals surface area contributed by atoms with Gasteiger partial charge in [-0.2, -0.15) is 12.8 Å². The van der Waals surface area contributed by atoms with Crippen LogP contribution in [0.25, 0.3) is 43.8 Å². The molecular formula is C47H58Cl2SiZr-4. The van der Waals surface area contributed by atoms with E-state index in [0.717, 1.165) is 0 Å². The van der Waals surface area contributed by atoms with Gasteiger partial charge in [0, 0.05) is 0 Å². The van der Waals surface area contributed by atoms with Crippen molar-refractivity contribution in [1.82, 2.24) is 0 Å². The van der Waals surface area contributed by atoms with E-state index in [1.165, 1.54) is 121 Å². The molecule has 0 nitrogen and oxygen atoms in total. The van der Waals surface area contributed by atoms with Crippen LogP contribution in [0.4, 0.5) is 0 Å². The Morgan fingerprint density at radius 2 is 0.902 bits per heavy atom. The van der Waals surface area contributed by atoms with Gasteiger partial charge in [0.25, 0.3) is 0 Å². The fourth-order valence-corrected chi connectivity index (χ4v) is 6.42. The van der Waals surface area contributed by atoms with Gasteiger partial charge in [-0.25, -0.2) is 0 Å². The van der Waals surface area contributed by atoms with E-state index in [1.807, 2.05) is 0 Å². The maximum absolute atomic E-state index is 3.06. The van der Waals surface area contributed by atoms with Crippen molar-refractivity contribution in [3.63, 3.8) is 0 Å². The molecule has 0 saturated heterocycles. The van der Waals surface area contributed by atoms with E-state index in [1.54, 1.807) is 0 Å². The second kappa shape index (κ2) is 21.5. The summed E-state index contributed by atoms with van der Waals surface area (Å²) >= 11 is 1.36. The van der Waals surface area contributed by atoms with Crippen LogP contribution >= 0.6 is 24.8 Å². The van der Waals surface area contributed by atoms with Crippen LogP contribution in [-0.4, -0.2) is 6.88 Å². The Morgan fingerprint density at radius 1 is 0.529 bits per heavy atom. The molecule has 0 amide bonds. The van der Waals surface area contributed by atoms with Crippen LogP contribution < -0.4 is 0 Å². The SMILES string of the molecule is Cc1cc(C(C)(C)C)ccc1-c1cc2ccccc2[cH-]1.Cc1cc(C(C)(C)C)ccc1-c1cc2ccccc2[cH-]1.Cl.Cl.[CH-]1CCCCC1.[CH3-].[Si]=[Zr]. The molecule has 0 atom stereocenters. The Morgan fingerprint density at radius 3 is 1.18 bits per heavy atom. The molecule has 0 N–H and O–H groups in total.